The van der Waals surface area contributed by atoms with E-state index in [0.717, 1.165) is 6.07 Å². The fourth-order valence-corrected chi connectivity index (χ4v) is 2.13. The van der Waals surface area contributed by atoms with Crippen LogP contribution in [-0.4, -0.2) is 5.91 Å². The van der Waals surface area contributed by atoms with E-state index in [-0.39, 0.29) is 10.2 Å². The van der Waals surface area contributed by atoms with Crippen LogP contribution < -0.4 is 16.0 Å². The van der Waals surface area contributed by atoms with Crippen LogP contribution in [0.3, 0.4) is 0 Å². The van der Waals surface area contributed by atoms with Crippen molar-refractivity contribution in [1.82, 2.24) is 5.43 Å². The molecular formula is C14H11BrF2N2O2. The molecule has 21 heavy (non-hydrogen) atoms. The first-order valence-electron chi connectivity index (χ1n) is 5.89. The molecule has 0 aliphatic carbocycles. The second kappa shape index (κ2) is 6.64. The summed E-state index contributed by atoms with van der Waals surface area (Å²) in [5.41, 5.74) is 2.40. The van der Waals surface area contributed by atoms with Crippen LogP contribution >= 0.6 is 15.9 Å². The van der Waals surface area contributed by atoms with Crippen LogP contribution in [0.4, 0.5) is 8.78 Å². The highest BCUT2D eigenvalue weighted by Crippen LogP contribution is 2.29. The zero-order chi connectivity index (χ0) is 15.4. The van der Waals surface area contributed by atoms with Gasteiger partial charge in [0, 0.05) is 10.0 Å². The Morgan fingerprint density at radius 1 is 1.24 bits per heavy atom. The van der Waals surface area contributed by atoms with Crippen LogP contribution in [0.5, 0.6) is 5.75 Å². The maximum absolute atomic E-state index is 13.7. The Morgan fingerprint density at radius 3 is 2.52 bits per heavy atom. The summed E-state index contributed by atoms with van der Waals surface area (Å²) < 4.78 is 32.7. The van der Waals surface area contributed by atoms with Crippen molar-refractivity contribution in [2.24, 2.45) is 5.84 Å². The summed E-state index contributed by atoms with van der Waals surface area (Å²) in [7, 11) is 0. The van der Waals surface area contributed by atoms with Crippen LogP contribution in [0.15, 0.2) is 46.9 Å². The highest BCUT2D eigenvalue weighted by molar-refractivity contribution is 9.10. The number of hydrogen-bond acceptors (Lipinski definition) is 3. The molecule has 2 rings (SSSR count). The van der Waals surface area contributed by atoms with Gasteiger partial charge in [-0.1, -0.05) is 46.3 Å². The number of ether oxygens (including phenoxy) is 1. The van der Waals surface area contributed by atoms with Gasteiger partial charge in [0.05, 0.1) is 0 Å². The predicted octanol–water partition coefficient (Wildman–Crippen LogP) is 2.84. The number of carbonyl (C=O) groups excluding carboxylic acids is 1. The van der Waals surface area contributed by atoms with E-state index in [0.29, 0.717) is 5.56 Å². The Labute approximate surface area is 128 Å². The van der Waals surface area contributed by atoms with Gasteiger partial charge >= 0.3 is 0 Å². The van der Waals surface area contributed by atoms with Crippen molar-refractivity contribution < 1.29 is 18.3 Å². The lowest BCUT2D eigenvalue weighted by Gasteiger charge is -2.18. The van der Waals surface area contributed by atoms with Gasteiger partial charge in [0.2, 0.25) is 11.9 Å². The number of nitrogens with two attached hydrogens (primary N) is 1. The summed E-state index contributed by atoms with van der Waals surface area (Å²) in [6.45, 7) is 0. The van der Waals surface area contributed by atoms with Crippen molar-refractivity contribution in [3.8, 4) is 5.75 Å². The molecule has 0 bridgehead atoms. The molecule has 0 aromatic heterocycles. The van der Waals surface area contributed by atoms with Gasteiger partial charge in [-0.05, 0) is 12.1 Å². The molecule has 0 fully saturated rings. The van der Waals surface area contributed by atoms with E-state index in [1.165, 1.54) is 6.07 Å². The maximum atomic E-state index is 13.7. The zero-order valence-electron chi connectivity index (χ0n) is 10.6. The van der Waals surface area contributed by atoms with E-state index in [9.17, 15) is 13.6 Å². The molecule has 0 aliphatic heterocycles. The lowest BCUT2D eigenvalue weighted by molar-refractivity contribution is -0.128. The second-order valence-corrected chi connectivity index (χ2v) is 5.03. The average Bonchev–Trinajstić information content (AvgIpc) is 2.49. The van der Waals surface area contributed by atoms with Crippen molar-refractivity contribution in [2.45, 2.75) is 6.10 Å². The summed E-state index contributed by atoms with van der Waals surface area (Å²) in [5, 5.41) is 0. The number of hydrogen-bond donors (Lipinski definition) is 2. The van der Waals surface area contributed by atoms with Crippen molar-refractivity contribution in [2.75, 3.05) is 0 Å². The normalized spacial score (nSPS) is 11.8. The van der Waals surface area contributed by atoms with Crippen LogP contribution in [0.25, 0.3) is 0 Å². The molecule has 0 aliphatic rings. The van der Waals surface area contributed by atoms with Crippen molar-refractivity contribution in [3.05, 3.63) is 64.1 Å². The molecule has 0 heterocycles. The molecular weight excluding hydrogens is 346 g/mol. The minimum absolute atomic E-state index is 0.288. The van der Waals surface area contributed by atoms with Gasteiger partial charge in [-0.2, -0.15) is 4.39 Å². The van der Waals surface area contributed by atoms with E-state index in [4.69, 9.17) is 10.6 Å². The van der Waals surface area contributed by atoms with E-state index in [1.807, 2.05) is 5.43 Å². The molecule has 0 spiro atoms. The van der Waals surface area contributed by atoms with Gasteiger partial charge in [-0.3, -0.25) is 10.2 Å². The summed E-state index contributed by atoms with van der Waals surface area (Å²) in [6, 6.07) is 10.6. The van der Waals surface area contributed by atoms with Gasteiger partial charge in [0.25, 0.3) is 5.91 Å². The summed E-state index contributed by atoms with van der Waals surface area (Å²) >= 11 is 3.04. The van der Waals surface area contributed by atoms with Crippen molar-refractivity contribution >= 4 is 21.8 Å². The van der Waals surface area contributed by atoms with Crippen LogP contribution in [0.1, 0.15) is 11.7 Å². The molecule has 110 valence electrons. The Morgan fingerprint density at radius 2 is 1.90 bits per heavy atom. The Kier molecular flexibility index (Phi) is 4.87. The molecule has 0 radical (unpaired) electrons. The number of hydrazine groups is 1. The largest absolute Gasteiger partial charge is 0.473 e. The lowest BCUT2D eigenvalue weighted by atomic mass is 10.1. The van der Waals surface area contributed by atoms with Gasteiger partial charge in [0.15, 0.2) is 11.6 Å². The Balaban J connectivity index is 2.39. The molecule has 2 aromatic rings. The minimum atomic E-state index is -1.20. The van der Waals surface area contributed by atoms with Crippen LogP contribution in [0, 0.1) is 11.6 Å². The summed E-state index contributed by atoms with van der Waals surface area (Å²) in [5.74, 6) is 1.78. The first-order valence-corrected chi connectivity index (χ1v) is 6.69. The molecule has 1 unspecified atom stereocenters. The third kappa shape index (κ3) is 3.56. The van der Waals surface area contributed by atoms with E-state index in [2.05, 4.69) is 15.9 Å². The molecule has 4 nitrogen and oxygen atoms in total. The number of carbonyl (C=O) groups is 1. The van der Waals surface area contributed by atoms with Gasteiger partial charge < -0.3 is 4.74 Å². The maximum Gasteiger partial charge on any atom is 0.279 e. The molecule has 0 saturated heterocycles. The standard InChI is InChI=1S/C14H11BrF2N2O2/c15-9-6-10(16)12(17)11(7-9)21-13(14(20)19-18)8-4-2-1-3-5-8/h1-7,13H,18H2,(H,19,20). The molecule has 2 aromatic carbocycles. The third-order valence-electron chi connectivity index (χ3n) is 2.69. The third-order valence-corrected chi connectivity index (χ3v) is 3.14. The highest BCUT2D eigenvalue weighted by atomic mass is 79.9. The highest BCUT2D eigenvalue weighted by Gasteiger charge is 2.24. The molecule has 7 heteroatoms. The van der Waals surface area contributed by atoms with Crippen molar-refractivity contribution in [1.29, 1.82) is 0 Å². The van der Waals surface area contributed by atoms with Crippen molar-refractivity contribution in [3.63, 3.8) is 0 Å². The molecule has 1 atom stereocenters. The number of rotatable bonds is 4. The zero-order valence-corrected chi connectivity index (χ0v) is 12.2. The van der Waals surface area contributed by atoms with E-state index < -0.39 is 23.6 Å². The minimum Gasteiger partial charge on any atom is -0.473 e. The second-order valence-electron chi connectivity index (χ2n) is 4.12. The predicted molar refractivity (Wildman–Crippen MR) is 76.2 cm³/mol. The quantitative estimate of drug-likeness (QED) is 0.383. The summed E-state index contributed by atoms with van der Waals surface area (Å²) in [4.78, 5) is 11.8. The van der Waals surface area contributed by atoms with Crippen LogP contribution in [0.2, 0.25) is 0 Å². The first-order chi connectivity index (χ1) is 10.0. The number of amides is 1. The fourth-order valence-electron chi connectivity index (χ4n) is 1.72. The summed E-state index contributed by atoms with van der Waals surface area (Å²) in [6.07, 6.45) is -1.20. The number of nitrogens with one attached hydrogen (secondary N) is 1. The molecule has 0 saturated carbocycles. The fraction of sp³-hybridized carbons (Fsp3) is 0.0714. The Bertz CT molecular complexity index is 653. The number of halogens is 3. The van der Waals surface area contributed by atoms with E-state index in [1.54, 1.807) is 30.3 Å². The molecule has 3 N–H and O–H groups in total. The smallest absolute Gasteiger partial charge is 0.279 e. The van der Waals surface area contributed by atoms with Gasteiger partial charge in [-0.15, -0.1) is 0 Å². The topological polar surface area (TPSA) is 64.3 Å². The van der Waals surface area contributed by atoms with Gasteiger partial charge in [0.1, 0.15) is 0 Å². The SMILES string of the molecule is NNC(=O)C(Oc1cc(Br)cc(F)c1F)c1ccccc1. The lowest BCUT2D eigenvalue weighted by Crippen LogP contribution is -2.37. The van der Waals surface area contributed by atoms with Crippen LogP contribution in [-0.2, 0) is 4.79 Å². The molecule has 1 amide bonds. The monoisotopic (exact) mass is 356 g/mol. The Hall–Kier alpha value is -1.99. The number of benzene rings is 2. The van der Waals surface area contributed by atoms with Gasteiger partial charge in [-0.25, -0.2) is 10.2 Å². The average molecular weight is 357 g/mol. The first kappa shape index (κ1) is 15.4. The van der Waals surface area contributed by atoms with E-state index >= 15 is 0 Å².